The minimum absolute atomic E-state index is 0.686. The summed E-state index contributed by atoms with van der Waals surface area (Å²) >= 11 is 5.71. The average Bonchev–Trinajstić information content (AvgIpc) is 2.35. The number of ether oxygens (including phenoxy) is 1. The molecule has 0 aliphatic rings. The minimum Gasteiger partial charge on any atom is -0.497 e. The number of benzene rings is 1. The van der Waals surface area contributed by atoms with Crippen LogP contribution in [-0.4, -0.2) is 21.3 Å². The highest BCUT2D eigenvalue weighted by molar-refractivity contribution is 6.71. The standard InChI is InChI=1S/C13H21ClO2Si/c1-15-13-7-5-12(6-8-13)11-16-17(2,3)10-4-9-14/h5-8H,4,9-11H2,1-3H3. The SMILES string of the molecule is COc1ccc(CO[Si](C)(C)CCCCl)cc1. The lowest BCUT2D eigenvalue weighted by Gasteiger charge is -2.22. The van der Waals surface area contributed by atoms with Crippen molar-refractivity contribution in [3.05, 3.63) is 29.8 Å². The van der Waals surface area contributed by atoms with Gasteiger partial charge in [0.05, 0.1) is 13.7 Å². The Morgan fingerprint density at radius 3 is 2.35 bits per heavy atom. The molecule has 17 heavy (non-hydrogen) atoms. The third-order valence-electron chi connectivity index (χ3n) is 2.70. The highest BCUT2D eigenvalue weighted by Gasteiger charge is 2.21. The summed E-state index contributed by atoms with van der Waals surface area (Å²) in [5.41, 5.74) is 1.19. The summed E-state index contributed by atoms with van der Waals surface area (Å²) in [4.78, 5) is 0. The number of methoxy groups -OCH3 is 1. The highest BCUT2D eigenvalue weighted by Crippen LogP contribution is 2.18. The molecule has 0 aliphatic heterocycles. The van der Waals surface area contributed by atoms with Crippen molar-refractivity contribution < 1.29 is 9.16 Å². The fourth-order valence-corrected chi connectivity index (χ4v) is 3.65. The second-order valence-electron chi connectivity index (χ2n) is 4.69. The van der Waals surface area contributed by atoms with E-state index in [0.29, 0.717) is 6.61 Å². The molecule has 1 aromatic carbocycles. The first kappa shape index (κ1) is 14.5. The van der Waals surface area contributed by atoms with Crippen LogP contribution in [0.4, 0.5) is 0 Å². The predicted molar refractivity (Wildman–Crippen MR) is 75.4 cm³/mol. The quantitative estimate of drug-likeness (QED) is 0.551. The van der Waals surface area contributed by atoms with Crippen LogP contribution in [0.1, 0.15) is 12.0 Å². The van der Waals surface area contributed by atoms with Crippen molar-refractivity contribution in [2.45, 2.75) is 32.2 Å². The summed E-state index contributed by atoms with van der Waals surface area (Å²) in [6.45, 7) is 5.16. The van der Waals surface area contributed by atoms with Crippen molar-refractivity contribution in [2.24, 2.45) is 0 Å². The van der Waals surface area contributed by atoms with Gasteiger partial charge in [-0.25, -0.2) is 0 Å². The van der Waals surface area contributed by atoms with Crippen LogP contribution in [0.5, 0.6) is 5.75 Å². The van der Waals surface area contributed by atoms with E-state index in [1.54, 1.807) is 7.11 Å². The van der Waals surface area contributed by atoms with Gasteiger partial charge in [-0.05, 0) is 43.3 Å². The molecule has 96 valence electrons. The van der Waals surface area contributed by atoms with Gasteiger partial charge in [-0.2, -0.15) is 0 Å². The first-order valence-corrected chi connectivity index (χ1v) is 9.55. The normalized spacial score (nSPS) is 11.5. The zero-order valence-electron chi connectivity index (χ0n) is 10.8. The van der Waals surface area contributed by atoms with Gasteiger partial charge in [-0.1, -0.05) is 12.1 Å². The summed E-state index contributed by atoms with van der Waals surface area (Å²) < 4.78 is 11.2. The molecule has 0 aromatic heterocycles. The van der Waals surface area contributed by atoms with Crippen molar-refractivity contribution in [1.82, 2.24) is 0 Å². The van der Waals surface area contributed by atoms with E-state index >= 15 is 0 Å². The Kier molecular flexibility index (Phi) is 6.02. The van der Waals surface area contributed by atoms with Crippen molar-refractivity contribution in [1.29, 1.82) is 0 Å². The number of hydrogen-bond donors (Lipinski definition) is 0. The zero-order valence-corrected chi connectivity index (χ0v) is 12.6. The molecule has 0 spiro atoms. The topological polar surface area (TPSA) is 18.5 Å². The molecule has 0 fully saturated rings. The van der Waals surface area contributed by atoms with E-state index in [1.165, 1.54) is 5.56 Å². The third-order valence-corrected chi connectivity index (χ3v) is 5.45. The minimum atomic E-state index is -1.54. The summed E-state index contributed by atoms with van der Waals surface area (Å²) in [5.74, 6) is 1.61. The monoisotopic (exact) mass is 272 g/mol. The fourth-order valence-electron chi connectivity index (χ4n) is 1.57. The van der Waals surface area contributed by atoms with Crippen LogP contribution in [0.2, 0.25) is 19.1 Å². The van der Waals surface area contributed by atoms with Crippen LogP contribution in [0.3, 0.4) is 0 Å². The second kappa shape index (κ2) is 7.04. The number of rotatable bonds is 7. The van der Waals surface area contributed by atoms with E-state index in [9.17, 15) is 0 Å². The molecule has 0 unspecified atom stereocenters. The van der Waals surface area contributed by atoms with Crippen molar-refractivity contribution in [3.8, 4) is 5.75 Å². The van der Waals surface area contributed by atoms with Crippen molar-refractivity contribution in [3.63, 3.8) is 0 Å². The van der Waals surface area contributed by atoms with Gasteiger partial charge in [-0.3, -0.25) is 0 Å². The molecule has 0 heterocycles. The maximum absolute atomic E-state index is 6.03. The van der Waals surface area contributed by atoms with E-state index in [0.717, 1.165) is 24.1 Å². The van der Waals surface area contributed by atoms with Gasteiger partial charge in [0.15, 0.2) is 8.32 Å². The lowest BCUT2D eigenvalue weighted by atomic mass is 10.2. The van der Waals surface area contributed by atoms with Crippen LogP contribution >= 0.6 is 11.6 Å². The van der Waals surface area contributed by atoms with Crippen LogP contribution in [0.15, 0.2) is 24.3 Å². The van der Waals surface area contributed by atoms with E-state index in [-0.39, 0.29) is 0 Å². The summed E-state index contributed by atoms with van der Waals surface area (Å²) in [6, 6.07) is 9.14. The van der Waals surface area contributed by atoms with E-state index in [4.69, 9.17) is 20.8 Å². The molecule has 4 heteroatoms. The maximum atomic E-state index is 6.03. The lowest BCUT2D eigenvalue weighted by Crippen LogP contribution is -2.29. The predicted octanol–water partition coefficient (Wildman–Crippen LogP) is 4.05. The van der Waals surface area contributed by atoms with Gasteiger partial charge in [-0.15, -0.1) is 11.6 Å². The van der Waals surface area contributed by atoms with Gasteiger partial charge in [0.1, 0.15) is 5.75 Å². The molecule has 0 saturated heterocycles. The highest BCUT2D eigenvalue weighted by atomic mass is 35.5. The third kappa shape index (κ3) is 5.57. The van der Waals surface area contributed by atoms with Gasteiger partial charge < -0.3 is 9.16 Å². The first-order chi connectivity index (χ1) is 8.07. The molecule has 0 radical (unpaired) electrons. The molecule has 0 saturated carbocycles. The smallest absolute Gasteiger partial charge is 0.187 e. The van der Waals surface area contributed by atoms with Crippen molar-refractivity contribution in [2.75, 3.05) is 13.0 Å². The van der Waals surface area contributed by atoms with Gasteiger partial charge in [0.25, 0.3) is 0 Å². The Morgan fingerprint density at radius 2 is 1.82 bits per heavy atom. The fraction of sp³-hybridized carbons (Fsp3) is 0.538. The zero-order chi connectivity index (χ0) is 12.7. The molecular weight excluding hydrogens is 252 g/mol. The summed E-state index contributed by atoms with van der Waals surface area (Å²) in [6.07, 6.45) is 1.05. The Bertz CT molecular complexity index is 325. The molecule has 0 N–H and O–H groups in total. The average molecular weight is 273 g/mol. The summed E-state index contributed by atoms with van der Waals surface area (Å²) in [7, 11) is 0.130. The first-order valence-electron chi connectivity index (χ1n) is 5.90. The van der Waals surface area contributed by atoms with Crippen LogP contribution < -0.4 is 4.74 Å². The second-order valence-corrected chi connectivity index (χ2v) is 9.38. The molecule has 0 aliphatic carbocycles. The van der Waals surface area contributed by atoms with Crippen LogP contribution in [0, 0.1) is 0 Å². The Morgan fingerprint density at radius 1 is 1.18 bits per heavy atom. The molecule has 0 amide bonds. The molecular formula is C13H21ClO2Si. The van der Waals surface area contributed by atoms with Crippen molar-refractivity contribution >= 4 is 19.9 Å². The van der Waals surface area contributed by atoms with Crippen LogP contribution in [0.25, 0.3) is 0 Å². The Balaban J connectivity index is 2.43. The molecule has 0 bridgehead atoms. The Hall–Kier alpha value is -0.513. The van der Waals surface area contributed by atoms with Crippen LogP contribution in [-0.2, 0) is 11.0 Å². The molecule has 2 nitrogen and oxygen atoms in total. The Labute approximate surface area is 110 Å². The largest absolute Gasteiger partial charge is 0.497 e. The van der Waals surface area contributed by atoms with Gasteiger partial charge >= 0.3 is 0 Å². The summed E-state index contributed by atoms with van der Waals surface area (Å²) in [5, 5.41) is 0. The lowest BCUT2D eigenvalue weighted by molar-refractivity contribution is 0.294. The molecule has 1 aromatic rings. The van der Waals surface area contributed by atoms with Gasteiger partial charge in [0, 0.05) is 5.88 Å². The number of alkyl halides is 1. The van der Waals surface area contributed by atoms with E-state index < -0.39 is 8.32 Å². The molecule has 0 atom stereocenters. The number of halogens is 1. The molecule has 1 rings (SSSR count). The maximum Gasteiger partial charge on any atom is 0.187 e. The number of hydrogen-bond acceptors (Lipinski definition) is 2. The van der Waals surface area contributed by atoms with Gasteiger partial charge in [0.2, 0.25) is 0 Å². The van der Waals surface area contributed by atoms with E-state index in [1.807, 2.05) is 24.3 Å². The van der Waals surface area contributed by atoms with E-state index in [2.05, 4.69) is 13.1 Å².